The largest absolute Gasteiger partial charge is 0.496 e. The number of pyridine rings is 1. The third-order valence-corrected chi connectivity index (χ3v) is 4.82. The van der Waals surface area contributed by atoms with Crippen LogP contribution in [0.4, 0.5) is 0 Å². The van der Waals surface area contributed by atoms with E-state index >= 15 is 0 Å². The predicted molar refractivity (Wildman–Crippen MR) is 80.9 cm³/mol. The first kappa shape index (κ1) is 12.6. The van der Waals surface area contributed by atoms with Crippen LogP contribution in [0.15, 0.2) is 57.0 Å². The number of halogens is 1. The maximum absolute atomic E-state index is 5.37. The van der Waals surface area contributed by atoms with Gasteiger partial charge < -0.3 is 9.72 Å². The molecule has 2 aromatic heterocycles. The molecule has 2 heterocycles. The Morgan fingerprint density at radius 3 is 2.74 bits per heavy atom. The van der Waals surface area contributed by atoms with E-state index in [0.717, 1.165) is 26.3 Å². The molecule has 0 radical (unpaired) electrons. The molecule has 0 amide bonds. The molecule has 19 heavy (non-hydrogen) atoms. The molecule has 0 atom stereocenters. The van der Waals surface area contributed by atoms with Crippen molar-refractivity contribution in [2.75, 3.05) is 7.11 Å². The number of rotatable bonds is 3. The van der Waals surface area contributed by atoms with Gasteiger partial charge in [0, 0.05) is 11.1 Å². The average molecular weight is 335 g/mol. The summed E-state index contributed by atoms with van der Waals surface area (Å²) in [5, 5.41) is 2.00. The highest BCUT2D eigenvalue weighted by Crippen LogP contribution is 2.40. The third-order valence-electron chi connectivity index (χ3n) is 2.75. The van der Waals surface area contributed by atoms with Gasteiger partial charge in [0.1, 0.15) is 11.4 Å². The van der Waals surface area contributed by atoms with Crippen LogP contribution >= 0.6 is 27.7 Å². The lowest BCUT2D eigenvalue weighted by atomic mass is 10.3. The molecule has 3 nitrogen and oxygen atoms in total. The van der Waals surface area contributed by atoms with Crippen LogP contribution in [0.2, 0.25) is 0 Å². The number of H-pyrrole nitrogens is 1. The zero-order valence-electron chi connectivity index (χ0n) is 10.2. The van der Waals surface area contributed by atoms with Crippen molar-refractivity contribution in [2.24, 2.45) is 0 Å². The van der Waals surface area contributed by atoms with Crippen molar-refractivity contribution in [3.63, 3.8) is 0 Å². The molecule has 1 N–H and O–H groups in total. The highest BCUT2D eigenvalue weighted by atomic mass is 79.9. The molecule has 0 aliphatic carbocycles. The van der Waals surface area contributed by atoms with Crippen LogP contribution in [0, 0.1) is 0 Å². The lowest BCUT2D eigenvalue weighted by Crippen LogP contribution is -1.84. The molecule has 0 aliphatic rings. The summed E-state index contributed by atoms with van der Waals surface area (Å²) in [6.07, 6.45) is 1.74. The predicted octanol–water partition coefficient (Wildman–Crippen LogP) is 4.49. The minimum atomic E-state index is 0.813. The summed E-state index contributed by atoms with van der Waals surface area (Å²) in [5.41, 5.74) is 0.824. The fourth-order valence-corrected chi connectivity index (χ4v) is 3.47. The Morgan fingerprint density at radius 2 is 2.00 bits per heavy atom. The topological polar surface area (TPSA) is 37.9 Å². The van der Waals surface area contributed by atoms with E-state index < -0.39 is 0 Å². The van der Waals surface area contributed by atoms with E-state index in [9.17, 15) is 0 Å². The van der Waals surface area contributed by atoms with Gasteiger partial charge in [-0.05, 0) is 34.1 Å². The van der Waals surface area contributed by atoms with Crippen molar-refractivity contribution in [1.29, 1.82) is 0 Å². The maximum atomic E-state index is 5.37. The zero-order valence-corrected chi connectivity index (χ0v) is 12.6. The minimum Gasteiger partial charge on any atom is -0.496 e. The molecular weight excluding hydrogens is 324 g/mol. The Kier molecular flexibility index (Phi) is 3.48. The molecule has 0 saturated heterocycles. The second kappa shape index (κ2) is 5.27. The molecule has 0 bridgehead atoms. The SMILES string of the molecule is COc1ccnc2[nH]c(Sc3ccccc3)c(Br)c12. The summed E-state index contributed by atoms with van der Waals surface area (Å²) in [4.78, 5) is 8.82. The van der Waals surface area contributed by atoms with E-state index in [4.69, 9.17) is 4.74 Å². The lowest BCUT2D eigenvalue weighted by Gasteiger charge is -2.01. The number of aromatic nitrogens is 2. The smallest absolute Gasteiger partial charge is 0.143 e. The molecule has 0 saturated carbocycles. The third kappa shape index (κ3) is 2.35. The molecule has 0 fully saturated rings. The van der Waals surface area contributed by atoms with E-state index in [2.05, 4.69) is 38.0 Å². The van der Waals surface area contributed by atoms with E-state index in [1.807, 2.05) is 24.3 Å². The molecule has 0 unspecified atom stereocenters. The molecule has 3 rings (SSSR count). The first-order valence-corrected chi connectivity index (χ1v) is 7.33. The highest BCUT2D eigenvalue weighted by Gasteiger charge is 2.14. The molecular formula is C14H11BrN2OS. The Balaban J connectivity index is 2.08. The first-order chi connectivity index (χ1) is 9.29. The zero-order chi connectivity index (χ0) is 13.2. The van der Waals surface area contributed by atoms with Gasteiger partial charge in [-0.2, -0.15) is 0 Å². The maximum Gasteiger partial charge on any atom is 0.143 e. The number of fused-ring (bicyclic) bond motifs is 1. The van der Waals surface area contributed by atoms with E-state index in [1.54, 1.807) is 25.1 Å². The van der Waals surface area contributed by atoms with E-state index in [0.29, 0.717) is 0 Å². The highest BCUT2D eigenvalue weighted by molar-refractivity contribution is 9.10. The van der Waals surface area contributed by atoms with E-state index in [1.165, 1.54) is 4.90 Å². The Labute approximate surface area is 123 Å². The molecule has 0 aliphatic heterocycles. The summed E-state index contributed by atoms with van der Waals surface area (Å²) in [7, 11) is 1.66. The number of aromatic amines is 1. The van der Waals surface area contributed by atoms with Crippen LogP contribution in [0.5, 0.6) is 5.75 Å². The number of nitrogens with zero attached hydrogens (tertiary/aromatic N) is 1. The number of benzene rings is 1. The summed E-state index contributed by atoms with van der Waals surface area (Å²) in [5.74, 6) is 0.813. The average Bonchev–Trinajstić information content (AvgIpc) is 2.77. The van der Waals surface area contributed by atoms with Crippen LogP contribution in [-0.4, -0.2) is 17.1 Å². The van der Waals surface area contributed by atoms with Crippen molar-refractivity contribution >= 4 is 38.7 Å². The van der Waals surface area contributed by atoms with Crippen LogP contribution in [0.3, 0.4) is 0 Å². The number of hydrogen-bond acceptors (Lipinski definition) is 3. The van der Waals surface area contributed by atoms with Gasteiger partial charge in [0.2, 0.25) is 0 Å². The molecule has 1 aromatic carbocycles. The van der Waals surface area contributed by atoms with Gasteiger partial charge in [-0.15, -0.1) is 0 Å². The summed E-state index contributed by atoms with van der Waals surface area (Å²) in [6, 6.07) is 12.1. The summed E-state index contributed by atoms with van der Waals surface area (Å²) >= 11 is 5.29. The van der Waals surface area contributed by atoms with Crippen molar-refractivity contribution < 1.29 is 4.74 Å². The Bertz CT molecular complexity index is 712. The number of hydrogen-bond donors (Lipinski definition) is 1. The fourth-order valence-electron chi connectivity index (χ4n) is 1.87. The van der Waals surface area contributed by atoms with Gasteiger partial charge in [0.05, 0.1) is 22.0 Å². The Hall–Kier alpha value is -1.46. The van der Waals surface area contributed by atoms with Gasteiger partial charge >= 0.3 is 0 Å². The van der Waals surface area contributed by atoms with Crippen molar-refractivity contribution in [1.82, 2.24) is 9.97 Å². The second-order valence-corrected chi connectivity index (χ2v) is 5.80. The number of nitrogens with one attached hydrogen (secondary N) is 1. The van der Waals surface area contributed by atoms with Gasteiger partial charge in [0.25, 0.3) is 0 Å². The van der Waals surface area contributed by atoms with Crippen LogP contribution in [-0.2, 0) is 0 Å². The van der Waals surface area contributed by atoms with Crippen molar-refractivity contribution in [2.45, 2.75) is 9.92 Å². The summed E-state index contributed by atoms with van der Waals surface area (Å²) in [6.45, 7) is 0. The molecule has 0 spiro atoms. The monoisotopic (exact) mass is 334 g/mol. The lowest BCUT2D eigenvalue weighted by molar-refractivity contribution is 0.419. The number of methoxy groups -OCH3 is 1. The fraction of sp³-hybridized carbons (Fsp3) is 0.0714. The van der Waals surface area contributed by atoms with Crippen molar-refractivity contribution in [3.05, 3.63) is 47.1 Å². The van der Waals surface area contributed by atoms with Crippen molar-refractivity contribution in [3.8, 4) is 5.75 Å². The quantitative estimate of drug-likeness (QED) is 0.767. The van der Waals surface area contributed by atoms with E-state index in [-0.39, 0.29) is 0 Å². The minimum absolute atomic E-state index is 0.813. The molecule has 96 valence electrons. The van der Waals surface area contributed by atoms with Gasteiger partial charge in [-0.25, -0.2) is 4.98 Å². The standard InChI is InChI=1S/C14H11BrN2OS/c1-18-10-7-8-16-13-11(10)12(15)14(17-13)19-9-5-3-2-4-6-9/h2-8H,1H3,(H,16,17). The normalized spacial score (nSPS) is 10.8. The van der Waals surface area contributed by atoms with Gasteiger partial charge in [0.15, 0.2) is 0 Å². The number of ether oxygens (including phenoxy) is 1. The van der Waals surface area contributed by atoms with Crippen LogP contribution in [0.25, 0.3) is 11.0 Å². The molecule has 5 heteroatoms. The molecule has 3 aromatic rings. The van der Waals surface area contributed by atoms with Gasteiger partial charge in [-0.1, -0.05) is 30.0 Å². The Morgan fingerprint density at radius 1 is 1.21 bits per heavy atom. The van der Waals surface area contributed by atoms with Crippen LogP contribution in [0.1, 0.15) is 0 Å². The van der Waals surface area contributed by atoms with Crippen LogP contribution < -0.4 is 4.74 Å². The first-order valence-electron chi connectivity index (χ1n) is 5.72. The second-order valence-electron chi connectivity index (χ2n) is 3.92. The summed E-state index contributed by atoms with van der Waals surface area (Å²) < 4.78 is 6.36. The van der Waals surface area contributed by atoms with Gasteiger partial charge in [-0.3, -0.25) is 0 Å².